The molecule has 72 valence electrons. The molecule has 0 saturated carbocycles. The Labute approximate surface area is 90.9 Å². The topological polar surface area (TPSA) is 41.4 Å². The van der Waals surface area contributed by atoms with Gasteiger partial charge in [-0.1, -0.05) is 11.6 Å². The molecule has 0 aliphatic carbocycles. The Hall–Kier alpha value is -1.13. The van der Waals surface area contributed by atoms with Crippen LogP contribution in [0.15, 0.2) is 23.5 Å². The lowest BCUT2D eigenvalue weighted by atomic mass is 10.5. The maximum atomic E-state index is 5.92. The van der Waals surface area contributed by atoms with Gasteiger partial charge in [-0.25, -0.2) is 4.98 Å². The summed E-state index contributed by atoms with van der Waals surface area (Å²) in [5.41, 5.74) is 0. The van der Waals surface area contributed by atoms with Crippen molar-refractivity contribution in [1.29, 1.82) is 0 Å². The van der Waals surface area contributed by atoms with Crippen LogP contribution in [0.2, 0.25) is 10.3 Å². The second-order valence-electron chi connectivity index (χ2n) is 2.59. The molecule has 0 spiro atoms. The number of anilines is 1. The van der Waals surface area contributed by atoms with E-state index in [0.29, 0.717) is 17.5 Å². The first-order valence-corrected chi connectivity index (χ1v) is 4.64. The van der Waals surface area contributed by atoms with E-state index < -0.39 is 0 Å². The van der Waals surface area contributed by atoms with Crippen LogP contribution in [-0.4, -0.2) is 22.9 Å². The predicted molar refractivity (Wildman–Crippen MR) is 57.0 cm³/mol. The molecule has 0 fully saturated rings. The zero-order chi connectivity index (χ0) is 9.97. The third kappa shape index (κ3) is 1.86. The summed E-state index contributed by atoms with van der Waals surface area (Å²) in [5.74, 6) is 0.569. The average Bonchev–Trinajstić information content (AvgIpc) is 2.23. The standard InChI is InChI=1S/C8H6Cl2N4/c9-6-4-12-8(10)13-7(6)14-3-1-2-11-5-14/h1-4H,5H2. The Kier molecular flexibility index (Phi) is 2.65. The maximum absolute atomic E-state index is 5.92. The summed E-state index contributed by atoms with van der Waals surface area (Å²) >= 11 is 11.6. The lowest BCUT2D eigenvalue weighted by molar-refractivity contribution is 0.935. The number of aromatic nitrogens is 2. The number of halogens is 2. The van der Waals surface area contributed by atoms with E-state index in [0.717, 1.165) is 0 Å². The number of nitrogens with zero attached hydrogens (tertiary/aromatic N) is 4. The Morgan fingerprint density at radius 1 is 1.36 bits per heavy atom. The molecule has 4 nitrogen and oxygen atoms in total. The van der Waals surface area contributed by atoms with Crippen LogP contribution in [0.5, 0.6) is 0 Å². The average molecular weight is 229 g/mol. The van der Waals surface area contributed by atoms with Crippen LogP contribution in [0.3, 0.4) is 0 Å². The summed E-state index contributed by atoms with van der Waals surface area (Å²) < 4.78 is 0. The maximum Gasteiger partial charge on any atom is 0.224 e. The largest absolute Gasteiger partial charge is 0.312 e. The molecule has 2 heterocycles. The van der Waals surface area contributed by atoms with E-state index in [4.69, 9.17) is 23.2 Å². The highest BCUT2D eigenvalue weighted by Gasteiger charge is 2.11. The van der Waals surface area contributed by atoms with Gasteiger partial charge in [-0.2, -0.15) is 4.98 Å². The van der Waals surface area contributed by atoms with Crippen LogP contribution in [0.1, 0.15) is 0 Å². The van der Waals surface area contributed by atoms with Gasteiger partial charge >= 0.3 is 0 Å². The summed E-state index contributed by atoms with van der Waals surface area (Å²) in [5, 5.41) is 0.628. The molecule has 0 saturated heterocycles. The quantitative estimate of drug-likeness (QED) is 0.692. The van der Waals surface area contributed by atoms with Crippen molar-refractivity contribution in [3.05, 3.63) is 28.8 Å². The predicted octanol–water partition coefficient (Wildman–Crippen LogP) is 2.15. The minimum Gasteiger partial charge on any atom is -0.312 e. The van der Waals surface area contributed by atoms with Gasteiger partial charge in [-0.15, -0.1) is 0 Å². The monoisotopic (exact) mass is 228 g/mol. The van der Waals surface area contributed by atoms with Gasteiger partial charge in [0.2, 0.25) is 5.28 Å². The number of hydrogen-bond donors (Lipinski definition) is 0. The highest BCUT2D eigenvalue weighted by atomic mass is 35.5. The van der Waals surface area contributed by atoms with Crippen molar-refractivity contribution >= 4 is 35.2 Å². The molecule has 0 bridgehead atoms. The first kappa shape index (κ1) is 9.43. The minimum atomic E-state index is 0.173. The molecule has 2 rings (SSSR count). The van der Waals surface area contributed by atoms with E-state index in [-0.39, 0.29) is 5.28 Å². The third-order valence-corrected chi connectivity index (χ3v) is 2.11. The normalized spacial score (nSPS) is 14.9. The van der Waals surface area contributed by atoms with Gasteiger partial charge in [-0.3, -0.25) is 4.99 Å². The van der Waals surface area contributed by atoms with E-state index in [9.17, 15) is 0 Å². The Morgan fingerprint density at radius 3 is 2.93 bits per heavy atom. The lowest BCUT2D eigenvalue weighted by Crippen LogP contribution is -2.20. The van der Waals surface area contributed by atoms with Gasteiger partial charge in [0, 0.05) is 12.4 Å². The van der Waals surface area contributed by atoms with Crippen LogP contribution in [0, 0.1) is 0 Å². The molecule has 1 aliphatic heterocycles. The highest BCUT2D eigenvalue weighted by molar-refractivity contribution is 6.33. The van der Waals surface area contributed by atoms with Crippen molar-refractivity contribution in [1.82, 2.24) is 9.97 Å². The van der Waals surface area contributed by atoms with Crippen LogP contribution in [0.4, 0.5) is 5.82 Å². The van der Waals surface area contributed by atoms with Crippen LogP contribution in [0.25, 0.3) is 0 Å². The van der Waals surface area contributed by atoms with E-state index in [2.05, 4.69) is 15.0 Å². The summed E-state index contributed by atoms with van der Waals surface area (Å²) in [4.78, 5) is 13.6. The fourth-order valence-corrected chi connectivity index (χ4v) is 1.39. The van der Waals surface area contributed by atoms with Crippen molar-refractivity contribution in [2.24, 2.45) is 4.99 Å². The summed E-state index contributed by atoms with van der Waals surface area (Å²) in [6, 6.07) is 0. The molecule has 1 aliphatic rings. The van der Waals surface area contributed by atoms with Gasteiger partial charge in [0.05, 0.1) is 6.20 Å². The first-order valence-electron chi connectivity index (χ1n) is 3.88. The SMILES string of the molecule is Clc1ncc(Cl)c(N2C=CC=NC2)n1. The van der Waals surface area contributed by atoms with Crippen molar-refractivity contribution in [2.75, 3.05) is 11.6 Å². The molecule has 0 amide bonds. The Balaban J connectivity index is 2.35. The third-order valence-electron chi connectivity index (χ3n) is 1.66. The number of hydrogen-bond acceptors (Lipinski definition) is 4. The Morgan fingerprint density at radius 2 is 2.21 bits per heavy atom. The van der Waals surface area contributed by atoms with E-state index >= 15 is 0 Å². The van der Waals surface area contributed by atoms with Gasteiger partial charge < -0.3 is 4.90 Å². The fourth-order valence-electron chi connectivity index (χ4n) is 1.06. The molecule has 0 radical (unpaired) electrons. The molecule has 0 unspecified atom stereocenters. The Bertz CT molecular complexity index is 402. The second kappa shape index (κ2) is 3.94. The van der Waals surface area contributed by atoms with Gasteiger partial charge in [0.25, 0.3) is 0 Å². The van der Waals surface area contributed by atoms with Crippen molar-refractivity contribution in [3.63, 3.8) is 0 Å². The molecule has 0 atom stereocenters. The van der Waals surface area contributed by atoms with Crippen LogP contribution < -0.4 is 4.90 Å². The number of allylic oxidation sites excluding steroid dienone is 1. The van der Waals surface area contributed by atoms with Crippen molar-refractivity contribution in [3.8, 4) is 0 Å². The highest BCUT2D eigenvalue weighted by Crippen LogP contribution is 2.24. The van der Waals surface area contributed by atoms with E-state index in [1.165, 1.54) is 6.20 Å². The molecule has 0 aromatic carbocycles. The number of aliphatic imine (C=N–C) groups is 1. The lowest BCUT2D eigenvalue weighted by Gasteiger charge is -2.19. The molecule has 1 aromatic heterocycles. The molecule has 14 heavy (non-hydrogen) atoms. The first-order chi connectivity index (χ1) is 6.77. The summed E-state index contributed by atoms with van der Waals surface area (Å²) in [6.07, 6.45) is 6.82. The van der Waals surface area contributed by atoms with Crippen LogP contribution in [-0.2, 0) is 0 Å². The summed E-state index contributed by atoms with van der Waals surface area (Å²) in [6.45, 7) is 0.490. The van der Waals surface area contributed by atoms with Gasteiger partial charge in [0.15, 0.2) is 5.82 Å². The van der Waals surface area contributed by atoms with Crippen LogP contribution >= 0.6 is 23.2 Å². The van der Waals surface area contributed by atoms with E-state index in [1.54, 1.807) is 17.2 Å². The summed E-state index contributed by atoms with van der Waals surface area (Å²) in [7, 11) is 0. The number of rotatable bonds is 1. The molecule has 0 N–H and O–H groups in total. The molecule has 6 heteroatoms. The van der Waals surface area contributed by atoms with Gasteiger partial charge in [0.1, 0.15) is 11.7 Å². The second-order valence-corrected chi connectivity index (χ2v) is 3.34. The minimum absolute atomic E-state index is 0.173. The van der Waals surface area contributed by atoms with E-state index in [1.807, 2.05) is 6.20 Å². The zero-order valence-corrected chi connectivity index (χ0v) is 8.57. The van der Waals surface area contributed by atoms with Crippen molar-refractivity contribution < 1.29 is 0 Å². The molecule has 1 aromatic rings. The molecular weight excluding hydrogens is 223 g/mol. The van der Waals surface area contributed by atoms with Gasteiger partial charge in [-0.05, 0) is 17.7 Å². The van der Waals surface area contributed by atoms with Crippen molar-refractivity contribution in [2.45, 2.75) is 0 Å². The smallest absolute Gasteiger partial charge is 0.224 e. The zero-order valence-electron chi connectivity index (χ0n) is 7.06. The fraction of sp³-hybridized carbons (Fsp3) is 0.125. The molecular formula is C8H6Cl2N4.